The number of nitrogens with one attached hydrogen (secondary N) is 2. The van der Waals surface area contributed by atoms with Crippen molar-refractivity contribution in [3.8, 4) is 0 Å². The summed E-state index contributed by atoms with van der Waals surface area (Å²) in [5.41, 5.74) is 2.97. The van der Waals surface area contributed by atoms with Crippen LogP contribution < -0.4 is 4.72 Å². The number of aromatic nitrogens is 1. The van der Waals surface area contributed by atoms with Crippen LogP contribution in [0, 0.1) is 5.82 Å². The van der Waals surface area contributed by atoms with Gasteiger partial charge in [-0.1, -0.05) is 0 Å². The molecule has 1 aromatic carbocycles. The largest absolute Gasteiger partial charge is 0.358 e. The second-order valence-electron chi connectivity index (χ2n) is 5.10. The lowest BCUT2D eigenvalue weighted by atomic mass is 9.92. The van der Waals surface area contributed by atoms with Crippen molar-refractivity contribution >= 4 is 20.9 Å². The summed E-state index contributed by atoms with van der Waals surface area (Å²) in [6.45, 7) is 0. The first kappa shape index (κ1) is 12.6. The van der Waals surface area contributed by atoms with Crippen molar-refractivity contribution in [3.63, 3.8) is 0 Å². The molecule has 1 aromatic heterocycles. The van der Waals surface area contributed by atoms with E-state index in [0.29, 0.717) is 6.42 Å². The summed E-state index contributed by atoms with van der Waals surface area (Å²) in [6, 6.07) is 4.59. The second kappa shape index (κ2) is 4.31. The maximum absolute atomic E-state index is 13.2. The number of aromatic amines is 1. The highest BCUT2D eigenvalue weighted by molar-refractivity contribution is 7.88. The van der Waals surface area contributed by atoms with Crippen molar-refractivity contribution in [2.75, 3.05) is 6.26 Å². The summed E-state index contributed by atoms with van der Waals surface area (Å²) in [5, 5.41) is 0.983. The normalized spacial score (nSPS) is 19.6. The Morgan fingerprint density at radius 1 is 1.42 bits per heavy atom. The van der Waals surface area contributed by atoms with Gasteiger partial charge in [-0.05, 0) is 43.0 Å². The first-order chi connectivity index (χ1) is 8.92. The lowest BCUT2D eigenvalue weighted by molar-refractivity contribution is 0.509. The van der Waals surface area contributed by atoms with Crippen LogP contribution in [0.4, 0.5) is 4.39 Å². The molecule has 1 aliphatic rings. The Morgan fingerprint density at radius 2 is 2.21 bits per heavy atom. The molecule has 19 heavy (non-hydrogen) atoms. The molecule has 0 spiro atoms. The van der Waals surface area contributed by atoms with Gasteiger partial charge in [0.2, 0.25) is 10.0 Å². The third-order valence-corrected chi connectivity index (χ3v) is 4.29. The molecule has 6 heteroatoms. The van der Waals surface area contributed by atoms with Crippen molar-refractivity contribution in [1.29, 1.82) is 0 Å². The molecule has 0 radical (unpaired) electrons. The van der Waals surface area contributed by atoms with E-state index in [1.54, 1.807) is 6.07 Å². The van der Waals surface area contributed by atoms with Crippen LogP contribution in [0.5, 0.6) is 0 Å². The molecule has 0 saturated carbocycles. The molecule has 4 nitrogen and oxygen atoms in total. The zero-order valence-corrected chi connectivity index (χ0v) is 11.3. The average molecular weight is 282 g/mol. The van der Waals surface area contributed by atoms with Gasteiger partial charge < -0.3 is 4.98 Å². The van der Waals surface area contributed by atoms with Gasteiger partial charge >= 0.3 is 0 Å². The molecular weight excluding hydrogens is 267 g/mol. The first-order valence-corrected chi connectivity index (χ1v) is 8.08. The molecule has 3 rings (SSSR count). The molecule has 0 amide bonds. The van der Waals surface area contributed by atoms with E-state index in [2.05, 4.69) is 9.71 Å². The number of hydrogen-bond acceptors (Lipinski definition) is 2. The van der Waals surface area contributed by atoms with E-state index in [1.807, 2.05) is 0 Å². The molecule has 2 aromatic rings. The molecule has 1 heterocycles. The summed E-state index contributed by atoms with van der Waals surface area (Å²) >= 11 is 0. The minimum atomic E-state index is -3.19. The van der Waals surface area contributed by atoms with Crippen LogP contribution in [0.2, 0.25) is 0 Å². The van der Waals surface area contributed by atoms with Crippen molar-refractivity contribution in [2.45, 2.75) is 25.3 Å². The van der Waals surface area contributed by atoms with Crippen LogP contribution in [0.1, 0.15) is 17.7 Å². The van der Waals surface area contributed by atoms with Crippen LogP contribution in [0.25, 0.3) is 10.9 Å². The Bertz CT molecular complexity index is 736. The van der Waals surface area contributed by atoms with E-state index in [1.165, 1.54) is 18.4 Å². The van der Waals surface area contributed by atoms with Crippen LogP contribution >= 0.6 is 0 Å². The van der Waals surface area contributed by atoms with Gasteiger partial charge in [-0.15, -0.1) is 0 Å². The molecule has 0 aliphatic heterocycles. The van der Waals surface area contributed by atoms with Crippen molar-refractivity contribution in [2.24, 2.45) is 0 Å². The van der Waals surface area contributed by atoms with Crippen molar-refractivity contribution in [3.05, 3.63) is 35.3 Å². The quantitative estimate of drug-likeness (QED) is 0.881. The lowest BCUT2D eigenvalue weighted by Crippen LogP contribution is -2.38. The molecule has 0 fully saturated rings. The fraction of sp³-hybridized carbons (Fsp3) is 0.385. The van der Waals surface area contributed by atoms with Crippen LogP contribution in [0.3, 0.4) is 0 Å². The number of benzene rings is 1. The zero-order chi connectivity index (χ0) is 13.6. The highest BCUT2D eigenvalue weighted by atomic mass is 32.2. The van der Waals surface area contributed by atoms with Gasteiger partial charge in [0.1, 0.15) is 5.82 Å². The fourth-order valence-electron chi connectivity index (χ4n) is 2.80. The Labute approximate surface area is 111 Å². The minimum Gasteiger partial charge on any atom is -0.358 e. The van der Waals surface area contributed by atoms with Gasteiger partial charge in [-0.25, -0.2) is 17.5 Å². The molecule has 102 valence electrons. The Kier molecular flexibility index (Phi) is 2.87. The van der Waals surface area contributed by atoms with Crippen molar-refractivity contribution in [1.82, 2.24) is 9.71 Å². The molecule has 0 bridgehead atoms. The van der Waals surface area contributed by atoms with Gasteiger partial charge in [-0.2, -0.15) is 0 Å². The zero-order valence-electron chi connectivity index (χ0n) is 10.5. The Hall–Kier alpha value is -1.40. The average Bonchev–Trinajstić information content (AvgIpc) is 2.63. The smallest absolute Gasteiger partial charge is 0.208 e. The third-order valence-electron chi connectivity index (χ3n) is 3.53. The number of halogens is 1. The van der Waals surface area contributed by atoms with E-state index in [4.69, 9.17) is 0 Å². The number of hydrogen-bond donors (Lipinski definition) is 2. The van der Waals surface area contributed by atoms with Crippen LogP contribution in [-0.2, 0) is 22.9 Å². The van der Waals surface area contributed by atoms with E-state index >= 15 is 0 Å². The van der Waals surface area contributed by atoms with Gasteiger partial charge in [0.05, 0.1) is 6.26 Å². The van der Waals surface area contributed by atoms with Gasteiger partial charge in [0, 0.05) is 22.6 Å². The topological polar surface area (TPSA) is 62.0 Å². The number of aryl methyl sites for hydroxylation is 1. The SMILES string of the molecule is CS(=O)(=O)NC1CCc2[nH]c3cc(F)ccc3c2C1. The predicted octanol–water partition coefficient (Wildman–Crippen LogP) is 1.71. The molecule has 1 aliphatic carbocycles. The monoisotopic (exact) mass is 282 g/mol. The first-order valence-electron chi connectivity index (χ1n) is 6.19. The standard InChI is InChI=1S/C13H15FN2O2S/c1-19(17,18)16-9-3-5-12-11(7-9)10-4-2-8(14)6-13(10)15-12/h2,4,6,9,15-16H,3,5,7H2,1H3. The molecule has 1 unspecified atom stereocenters. The minimum absolute atomic E-state index is 0.0773. The van der Waals surface area contributed by atoms with Crippen LogP contribution in [-0.4, -0.2) is 25.7 Å². The van der Waals surface area contributed by atoms with Crippen LogP contribution in [0.15, 0.2) is 18.2 Å². The van der Waals surface area contributed by atoms with Gasteiger partial charge in [-0.3, -0.25) is 0 Å². The molecule has 2 N–H and O–H groups in total. The number of sulfonamides is 1. The van der Waals surface area contributed by atoms with Crippen molar-refractivity contribution < 1.29 is 12.8 Å². The van der Waals surface area contributed by atoms with E-state index in [-0.39, 0.29) is 11.9 Å². The lowest BCUT2D eigenvalue weighted by Gasteiger charge is -2.22. The summed E-state index contributed by atoms with van der Waals surface area (Å²) in [4.78, 5) is 3.22. The van der Waals surface area contributed by atoms with Gasteiger partial charge in [0.25, 0.3) is 0 Å². The third kappa shape index (κ3) is 2.50. The number of rotatable bonds is 2. The summed E-state index contributed by atoms with van der Waals surface area (Å²) < 4.78 is 38.4. The second-order valence-corrected chi connectivity index (χ2v) is 6.88. The molecule has 0 saturated heterocycles. The molecule has 1 atom stereocenters. The summed E-state index contributed by atoms with van der Waals surface area (Å²) in [5.74, 6) is -0.267. The van der Waals surface area contributed by atoms with E-state index < -0.39 is 10.0 Å². The Morgan fingerprint density at radius 3 is 2.95 bits per heavy atom. The highest BCUT2D eigenvalue weighted by Crippen LogP contribution is 2.29. The predicted molar refractivity (Wildman–Crippen MR) is 72.0 cm³/mol. The van der Waals surface area contributed by atoms with E-state index in [0.717, 1.165) is 35.0 Å². The summed E-state index contributed by atoms with van der Waals surface area (Å²) in [7, 11) is -3.19. The maximum Gasteiger partial charge on any atom is 0.208 e. The Balaban J connectivity index is 1.98. The highest BCUT2D eigenvalue weighted by Gasteiger charge is 2.24. The van der Waals surface area contributed by atoms with Gasteiger partial charge in [0.15, 0.2) is 0 Å². The summed E-state index contributed by atoms with van der Waals surface area (Å²) in [6.07, 6.45) is 3.36. The van der Waals surface area contributed by atoms with E-state index in [9.17, 15) is 12.8 Å². The fourth-order valence-corrected chi connectivity index (χ4v) is 3.61. The number of fused-ring (bicyclic) bond motifs is 3. The maximum atomic E-state index is 13.2. The number of H-pyrrole nitrogens is 1. The molecular formula is C13H15FN2O2S.